The van der Waals surface area contributed by atoms with E-state index in [2.05, 4.69) is 252 Å². The molecule has 2 heteroatoms. The molecule has 11 aromatic carbocycles. The molecule has 0 saturated heterocycles. The summed E-state index contributed by atoms with van der Waals surface area (Å²) in [7, 11) is 0. The molecule has 0 saturated carbocycles. The molecule has 0 unspecified atom stereocenters. The van der Waals surface area contributed by atoms with E-state index in [9.17, 15) is 0 Å². The molecule has 0 amide bonds. The van der Waals surface area contributed by atoms with E-state index in [1.165, 1.54) is 81.9 Å². The van der Waals surface area contributed by atoms with E-state index in [0.29, 0.717) is 0 Å². The van der Waals surface area contributed by atoms with Crippen molar-refractivity contribution in [1.29, 1.82) is 0 Å². The number of rotatable bonds is 7. The van der Waals surface area contributed by atoms with Crippen molar-refractivity contribution in [3.05, 3.63) is 243 Å². The second kappa shape index (κ2) is 14.8. The number of fused-ring (bicyclic) bond motifs is 7. The highest BCUT2D eigenvalue weighted by Gasteiger charge is 2.19. The van der Waals surface area contributed by atoms with Gasteiger partial charge in [0.25, 0.3) is 0 Å². The molecule has 0 aliphatic rings. The van der Waals surface area contributed by atoms with Gasteiger partial charge in [-0.15, -0.1) is 0 Å². The molecular formula is C60H40N2. The third kappa shape index (κ3) is 6.04. The van der Waals surface area contributed by atoms with E-state index in [1.807, 2.05) is 0 Å². The molecule has 62 heavy (non-hydrogen) atoms. The highest BCUT2D eigenvalue weighted by molar-refractivity contribution is 6.16. The summed E-state index contributed by atoms with van der Waals surface area (Å²) in [5.41, 5.74) is 14.1. The number of benzene rings is 11. The second-order valence-electron chi connectivity index (χ2n) is 16.1. The predicted octanol–water partition coefficient (Wildman–Crippen LogP) is 16.7. The Morgan fingerprint density at radius 1 is 0.290 bits per heavy atom. The minimum Gasteiger partial charge on any atom is -0.310 e. The fraction of sp³-hybridized carbons (Fsp3) is 0. The number of anilines is 3. The van der Waals surface area contributed by atoms with E-state index in [4.69, 9.17) is 0 Å². The number of hydrogen-bond donors (Lipinski definition) is 0. The van der Waals surface area contributed by atoms with Crippen LogP contribution in [0.4, 0.5) is 17.1 Å². The van der Waals surface area contributed by atoms with Gasteiger partial charge in [0.2, 0.25) is 0 Å². The van der Waals surface area contributed by atoms with Crippen LogP contribution in [-0.2, 0) is 0 Å². The quantitative estimate of drug-likeness (QED) is 0.146. The van der Waals surface area contributed by atoms with Gasteiger partial charge in [0.15, 0.2) is 0 Å². The van der Waals surface area contributed by atoms with Gasteiger partial charge in [-0.3, -0.25) is 0 Å². The summed E-state index contributed by atoms with van der Waals surface area (Å²) in [6, 6.07) is 88.5. The van der Waals surface area contributed by atoms with Crippen LogP contribution in [-0.4, -0.2) is 4.57 Å². The standard InChI is InChI=1S/C60H40N2/c1-2-20-49(21-3-1)62-58-27-9-8-25-56(58)60-55(26-13-29-59(60)62)47-19-10-17-44(38-47)45-18-11-22-51(40-45)61(57-28-12-16-42-14-5-7-24-54(42)57)50-35-32-41(33-36-50)46-34-37-53-48(39-46)31-30-43-15-4-6-23-52(43)53/h1-40H. The highest BCUT2D eigenvalue weighted by Crippen LogP contribution is 2.43. The van der Waals surface area contributed by atoms with Gasteiger partial charge in [-0.25, -0.2) is 0 Å². The minimum atomic E-state index is 1.10. The lowest BCUT2D eigenvalue weighted by Crippen LogP contribution is -2.10. The molecule has 290 valence electrons. The maximum absolute atomic E-state index is 2.41. The molecule has 0 radical (unpaired) electrons. The smallest absolute Gasteiger partial charge is 0.0547 e. The van der Waals surface area contributed by atoms with Crippen LogP contribution in [0.2, 0.25) is 0 Å². The third-order valence-corrected chi connectivity index (χ3v) is 12.5. The van der Waals surface area contributed by atoms with Crippen LogP contribution in [0.15, 0.2) is 243 Å². The average Bonchev–Trinajstić information content (AvgIpc) is 3.69. The second-order valence-corrected chi connectivity index (χ2v) is 16.1. The van der Waals surface area contributed by atoms with Crippen LogP contribution in [0, 0.1) is 0 Å². The zero-order chi connectivity index (χ0) is 41.0. The summed E-state index contributed by atoms with van der Waals surface area (Å²) in [5.74, 6) is 0. The molecule has 0 N–H and O–H groups in total. The van der Waals surface area contributed by atoms with Crippen molar-refractivity contribution in [3.63, 3.8) is 0 Å². The van der Waals surface area contributed by atoms with Crippen LogP contribution in [0.5, 0.6) is 0 Å². The van der Waals surface area contributed by atoms with Crippen LogP contribution >= 0.6 is 0 Å². The molecule has 0 atom stereocenters. The van der Waals surface area contributed by atoms with Crippen molar-refractivity contribution in [3.8, 4) is 39.1 Å². The SMILES string of the molecule is c1ccc(-n2c3ccccc3c3c(-c4cccc(-c5cccc(N(c6ccc(-c7ccc8c(ccc9ccccc98)c7)cc6)c6cccc7ccccc67)c5)c4)cccc32)cc1. The van der Waals surface area contributed by atoms with E-state index >= 15 is 0 Å². The largest absolute Gasteiger partial charge is 0.310 e. The van der Waals surface area contributed by atoms with Crippen molar-refractivity contribution in [1.82, 2.24) is 4.57 Å². The first-order chi connectivity index (χ1) is 30.7. The first kappa shape index (κ1) is 35.7. The molecule has 2 nitrogen and oxygen atoms in total. The van der Waals surface area contributed by atoms with Crippen molar-refractivity contribution in [2.75, 3.05) is 4.90 Å². The van der Waals surface area contributed by atoms with Crippen LogP contribution in [0.25, 0.3) is 93.2 Å². The third-order valence-electron chi connectivity index (χ3n) is 12.5. The van der Waals surface area contributed by atoms with Gasteiger partial charge >= 0.3 is 0 Å². The predicted molar refractivity (Wildman–Crippen MR) is 264 cm³/mol. The molecule has 1 aromatic heterocycles. The first-order valence-corrected chi connectivity index (χ1v) is 21.3. The van der Waals surface area contributed by atoms with Gasteiger partial charge in [0.1, 0.15) is 0 Å². The van der Waals surface area contributed by atoms with Crippen LogP contribution in [0.3, 0.4) is 0 Å². The number of aromatic nitrogens is 1. The number of hydrogen-bond acceptors (Lipinski definition) is 1. The average molecular weight is 789 g/mol. The molecule has 12 rings (SSSR count). The number of nitrogens with zero attached hydrogens (tertiary/aromatic N) is 2. The normalized spacial score (nSPS) is 11.5. The molecule has 0 aliphatic heterocycles. The van der Waals surface area contributed by atoms with E-state index < -0.39 is 0 Å². The molecule has 0 bridgehead atoms. The summed E-state index contributed by atoms with van der Waals surface area (Å²) in [6.45, 7) is 0. The van der Waals surface area contributed by atoms with Crippen molar-refractivity contribution in [2.45, 2.75) is 0 Å². The Morgan fingerprint density at radius 2 is 0.871 bits per heavy atom. The Kier molecular flexibility index (Phi) is 8.53. The molecule has 1 heterocycles. The minimum absolute atomic E-state index is 1.10. The topological polar surface area (TPSA) is 8.17 Å². The summed E-state index contributed by atoms with van der Waals surface area (Å²) >= 11 is 0. The van der Waals surface area contributed by atoms with Crippen LogP contribution < -0.4 is 4.90 Å². The Labute approximate surface area is 360 Å². The van der Waals surface area contributed by atoms with Gasteiger partial charge in [-0.1, -0.05) is 176 Å². The fourth-order valence-corrected chi connectivity index (χ4v) is 9.63. The van der Waals surface area contributed by atoms with E-state index in [1.54, 1.807) is 0 Å². The zero-order valence-corrected chi connectivity index (χ0v) is 34.0. The van der Waals surface area contributed by atoms with Gasteiger partial charge in [0.05, 0.1) is 16.7 Å². The van der Waals surface area contributed by atoms with Crippen LogP contribution in [0.1, 0.15) is 0 Å². The summed E-state index contributed by atoms with van der Waals surface area (Å²) in [4.78, 5) is 2.41. The first-order valence-electron chi connectivity index (χ1n) is 21.3. The van der Waals surface area contributed by atoms with Crippen molar-refractivity contribution >= 4 is 71.2 Å². The Bertz CT molecular complexity index is 3630. The molecular weight excluding hydrogens is 749 g/mol. The summed E-state index contributed by atoms with van der Waals surface area (Å²) < 4.78 is 2.39. The highest BCUT2D eigenvalue weighted by atomic mass is 15.1. The van der Waals surface area contributed by atoms with Gasteiger partial charge < -0.3 is 9.47 Å². The lowest BCUT2D eigenvalue weighted by molar-refractivity contribution is 1.18. The van der Waals surface area contributed by atoms with Crippen molar-refractivity contribution in [2.24, 2.45) is 0 Å². The van der Waals surface area contributed by atoms with Gasteiger partial charge in [-0.05, 0) is 127 Å². The fourth-order valence-electron chi connectivity index (χ4n) is 9.63. The molecule has 0 fully saturated rings. The van der Waals surface area contributed by atoms with Gasteiger partial charge in [0, 0.05) is 33.2 Å². The van der Waals surface area contributed by atoms with Crippen molar-refractivity contribution < 1.29 is 0 Å². The zero-order valence-electron chi connectivity index (χ0n) is 34.0. The molecule has 0 spiro atoms. The summed E-state index contributed by atoms with van der Waals surface area (Å²) in [5, 5.41) is 10.0. The molecule has 0 aliphatic carbocycles. The lowest BCUT2D eigenvalue weighted by atomic mass is 9.95. The Balaban J connectivity index is 0.957. The maximum Gasteiger partial charge on any atom is 0.0547 e. The maximum atomic E-state index is 2.41. The molecule has 12 aromatic rings. The monoisotopic (exact) mass is 788 g/mol. The van der Waals surface area contributed by atoms with E-state index in [-0.39, 0.29) is 0 Å². The Morgan fingerprint density at radius 3 is 1.73 bits per heavy atom. The van der Waals surface area contributed by atoms with Gasteiger partial charge in [-0.2, -0.15) is 0 Å². The Hall–Kier alpha value is -8.20. The van der Waals surface area contributed by atoms with E-state index in [0.717, 1.165) is 28.3 Å². The lowest BCUT2D eigenvalue weighted by Gasteiger charge is -2.27. The number of para-hydroxylation sites is 2. The summed E-state index contributed by atoms with van der Waals surface area (Å²) in [6.07, 6.45) is 0.